The number of halogens is 2. The van der Waals surface area contributed by atoms with Gasteiger partial charge in [0.05, 0.1) is 28.2 Å². The largest absolute Gasteiger partial charge is 0.368 e. The van der Waals surface area contributed by atoms with Crippen molar-refractivity contribution >= 4 is 35.4 Å². The standard InChI is InChI=1S/C11H10Cl2N4/c1-7-6-17(11(14)16-7)15-5-8-3-2-4-9(12)10(8)13/h2-6H,1H3,(H2,14,16). The van der Waals surface area contributed by atoms with E-state index in [1.165, 1.54) is 4.68 Å². The molecule has 1 aromatic carbocycles. The molecular formula is C11H10Cl2N4. The van der Waals surface area contributed by atoms with Crippen LogP contribution in [-0.2, 0) is 0 Å². The second-order valence-electron chi connectivity index (χ2n) is 3.47. The van der Waals surface area contributed by atoms with Crippen LogP contribution in [0.5, 0.6) is 0 Å². The van der Waals surface area contributed by atoms with E-state index in [0.717, 1.165) is 11.3 Å². The average Bonchev–Trinajstić information content (AvgIpc) is 2.60. The molecule has 0 bridgehead atoms. The third-order valence-electron chi connectivity index (χ3n) is 2.14. The molecule has 0 spiro atoms. The lowest BCUT2D eigenvalue weighted by molar-refractivity contribution is 0.897. The number of benzene rings is 1. The summed E-state index contributed by atoms with van der Waals surface area (Å²) in [5.74, 6) is 0.330. The SMILES string of the molecule is Cc1cn(N=Cc2cccc(Cl)c2Cl)c(N)n1. The van der Waals surface area contributed by atoms with Gasteiger partial charge in [0, 0.05) is 5.56 Å². The summed E-state index contributed by atoms with van der Waals surface area (Å²) < 4.78 is 1.48. The average molecular weight is 269 g/mol. The van der Waals surface area contributed by atoms with E-state index in [9.17, 15) is 0 Å². The van der Waals surface area contributed by atoms with Gasteiger partial charge in [0.25, 0.3) is 0 Å². The number of rotatable bonds is 2. The number of nitrogen functional groups attached to an aromatic ring is 1. The first-order valence-electron chi connectivity index (χ1n) is 4.88. The zero-order valence-electron chi connectivity index (χ0n) is 9.06. The molecular weight excluding hydrogens is 259 g/mol. The lowest BCUT2D eigenvalue weighted by atomic mass is 10.2. The molecule has 0 radical (unpaired) electrons. The van der Waals surface area contributed by atoms with E-state index in [1.54, 1.807) is 24.5 Å². The Bertz CT molecular complexity index is 575. The molecule has 88 valence electrons. The van der Waals surface area contributed by atoms with Crippen LogP contribution in [0.1, 0.15) is 11.3 Å². The van der Waals surface area contributed by atoms with Crippen molar-refractivity contribution in [2.45, 2.75) is 6.92 Å². The molecule has 1 aromatic heterocycles. The number of hydrogen-bond donors (Lipinski definition) is 1. The van der Waals surface area contributed by atoms with Gasteiger partial charge in [0.2, 0.25) is 5.95 Å². The van der Waals surface area contributed by atoms with E-state index in [2.05, 4.69) is 10.1 Å². The number of nitrogens with two attached hydrogens (primary N) is 1. The van der Waals surface area contributed by atoms with Gasteiger partial charge in [0.1, 0.15) is 0 Å². The summed E-state index contributed by atoms with van der Waals surface area (Å²) in [5, 5.41) is 5.12. The van der Waals surface area contributed by atoms with Gasteiger partial charge >= 0.3 is 0 Å². The Hall–Kier alpha value is -1.52. The zero-order valence-corrected chi connectivity index (χ0v) is 10.6. The van der Waals surface area contributed by atoms with Crippen LogP contribution in [0.15, 0.2) is 29.5 Å². The maximum Gasteiger partial charge on any atom is 0.221 e. The van der Waals surface area contributed by atoms with E-state index >= 15 is 0 Å². The quantitative estimate of drug-likeness (QED) is 0.852. The van der Waals surface area contributed by atoms with Crippen LogP contribution in [0, 0.1) is 6.92 Å². The number of aromatic nitrogens is 2. The predicted octanol–water partition coefficient (Wildman–Crippen LogP) is 2.96. The van der Waals surface area contributed by atoms with E-state index < -0.39 is 0 Å². The molecule has 0 aliphatic rings. The third kappa shape index (κ3) is 2.60. The van der Waals surface area contributed by atoms with Crippen molar-refractivity contribution in [3.63, 3.8) is 0 Å². The fraction of sp³-hybridized carbons (Fsp3) is 0.0909. The van der Waals surface area contributed by atoms with Gasteiger partial charge in [-0.3, -0.25) is 0 Å². The smallest absolute Gasteiger partial charge is 0.221 e. The first-order chi connectivity index (χ1) is 8.08. The van der Waals surface area contributed by atoms with Crippen LogP contribution in [0.25, 0.3) is 0 Å². The summed E-state index contributed by atoms with van der Waals surface area (Å²) in [5.41, 5.74) is 7.18. The lowest BCUT2D eigenvalue weighted by Gasteiger charge is -2.00. The summed E-state index contributed by atoms with van der Waals surface area (Å²) in [6.45, 7) is 1.84. The predicted molar refractivity (Wildman–Crippen MR) is 70.8 cm³/mol. The molecule has 2 rings (SSSR count). The molecule has 1 heterocycles. The second kappa shape index (κ2) is 4.77. The molecule has 6 heteroatoms. The summed E-state index contributed by atoms with van der Waals surface area (Å²) in [7, 11) is 0. The second-order valence-corrected chi connectivity index (χ2v) is 4.26. The van der Waals surface area contributed by atoms with Crippen molar-refractivity contribution < 1.29 is 0 Å². The maximum atomic E-state index is 6.03. The summed E-state index contributed by atoms with van der Waals surface area (Å²) in [4.78, 5) is 4.03. The van der Waals surface area contributed by atoms with Gasteiger partial charge in [-0.05, 0) is 13.0 Å². The Balaban J connectivity index is 2.32. The minimum Gasteiger partial charge on any atom is -0.368 e. The van der Waals surface area contributed by atoms with Crippen molar-refractivity contribution in [1.29, 1.82) is 0 Å². The summed E-state index contributed by atoms with van der Waals surface area (Å²) in [6.07, 6.45) is 3.32. The van der Waals surface area contributed by atoms with Crippen molar-refractivity contribution in [3.05, 3.63) is 45.7 Å². The monoisotopic (exact) mass is 268 g/mol. The van der Waals surface area contributed by atoms with E-state index in [1.807, 2.05) is 13.0 Å². The Morgan fingerprint density at radius 1 is 1.41 bits per heavy atom. The molecule has 0 aliphatic carbocycles. The summed E-state index contributed by atoms with van der Waals surface area (Å²) in [6, 6.07) is 5.34. The highest BCUT2D eigenvalue weighted by Gasteiger charge is 2.02. The lowest BCUT2D eigenvalue weighted by Crippen LogP contribution is -1.97. The van der Waals surface area contributed by atoms with Crippen LogP contribution in [0.2, 0.25) is 10.0 Å². The zero-order chi connectivity index (χ0) is 12.4. The van der Waals surface area contributed by atoms with E-state index in [0.29, 0.717) is 16.0 Å². The number of imidazole rings is 1. The van der Waals surface area contributed by atoms with Crippen molar-refractivity contribution in [1.82, 2.24) is 9.66 Å². The maximum absolute atomic E-state index is 6.03. The van der Waals surface area contributed by atoms with Crippen molar-refractivity contribution in [3.8, 4) is 0 Å². The molecule has 0 unspecified atom stereocenters. The van der Waals surface area contributed by atoms with Crippen molar-refractivity contribution in [2.75, 3.05) is 5.73 Å². The summed E-state index contributed by atoms with van der Waals surface area (Å²) >= 11 is 11.9. The Kier molecular flexibility index (Phi) is 3.36. The highest BCUT2D eigenvalue weighted by molar-refractivity contribution is 6.43. The highest BCUT2D eigenvalue weighted by Crippen LogP contribution is 2.24. The number of hydrogen-bond acceptors (Lipinski definition) is 3. The highest BCUT2D eigenvalue weighted by atomic mass is 35.5. The van der Waals surface area contributed by atoms with E-state index in [4.69, 9.17) is 28.9 Å². The molecule has 2 aromatic rings. The molecule has 0 atom stereocenters. The minimum atomic E-state index is 0.330. The van der Waals surface area contributed by atoms with E-state index in [-0.39, 0.29) is 0 Å². The van der Waals surface area contributed by atoms with Gasteiger partial charge in [-0.25, -0.2) is 9.66 Å². The molecule has 0 amide bonds. The first kappa shape index (κ1) is 12.0. The molecule has 0 aliphatic heterocycles. The third-order valence-corrected chi connectivity index (χ3v) is 2.97. The van der Waals surface area contributed by atoms with Gasteiger partial charge in [-0.15, -0.1) is 0 Å². The molecule has 0 saturated carbocycles. The van der Waals surface area contributed by atoms with Crippen LogP contribution in [0.3, 0.4) is 0 Å². The minimum absolute atomic E-state index is 0.330. The molecule has 4 nitrogen and oxygen atoms in total. The van der Waals surface area contributed by atoms with Gasteiger partial charge < -0.3 is 5.73 Å². The fourth-order valence-corrected chi connectivity index (χ4v) is 1.70. The molecule has 0 saturated heterocycles. The topological polar surface area (TPSA) is 56.2 Å². The normalized spacial score (nSPS) is 11.2. The van der Waals surface area contributed by atoms with Crippen LogP contribution >= 0.6 is 23.2 Å². The number of nitrogens with zero attached hydrogens (tertiary/aromatic N) is 3. The molecule has 17 heavy (non-hydrogen) atoms. The fourth-order valence-electron chi connectivity index (χ4n) is 1.34. The van der Waals surface area contributed by atoms with Crippen molar-refractivity contribution in [2.24, 2.45) is 5.10 Å². The van der Waals surface area contributed by atoms with Gasteiger partial charge in [0.15, 0.2) is 0 Å². The molecule has 2 N–H and O–H groups in total. The Morgan fingerprint density at radius 3 is 2.82 bits per heavy atom. The van der Waals surface area contributed by atoms with Crippen LogP contribution < -0.4 is 5.73 Å². The number of anilines is 1. The van der Waals surface area contributed by atoms with Gasteiger partial charge in [-0.2, -0.15) is 5.10 Å². The van der Waals surface area contributed by atoms with Crippen LogP contribution in [-0.4, -0.2) is 15.9 Å². The molecule has 0 fully saturated rings. The van der Waals surface area contributed by atoms with Gasteiger partial charge in [-0.1, -0.05) is 35.3 Å². The number of aryl methyl sites for hydroxylation is 1. The van der Waals surface area contributed by atoms with Crippen LogP contribution in [0.4, 0.5) is 5.95 Å². The first-order valence-corrected chi connectivity index (χ1v) is 5.63. The Labute approximate surface area is 109 Å². The Morgan fingerprint density at radius 2 is 2.18 bits per heavy atom.